The van der Waals surface area contributed by atoms with Crippen LogP contribution in [0.1, 0.15) is 19.3 Å². The molecule has 2 aliphatic carbocycles. The van der Waals surface area contributed by atoms with Crippen molar-refractivity contribution < 1.29 is 9.59 Å². The van der Waals surface area contributed by atoms with Crippen LogP contribution < -0.4 is 5.84 Å². The van der Waals surface area contributed by atoms with E-state index in [1.807, 2.05) is 0 Å². The zero-order valence-electron chi connectivity index (χ0n) is 7.27. The number of imide groups is 1. The standard InChI is InChI=1S/C9H12N2O2/c10-11-8(12)6-4-1-2-5(3-4)7(6)9(11)13/h4-7H,1-3,10H2. The molecule has 0 spiro atoms. The predicted molar refractivity (Wildman–Crippen MR) is 43.9 cm³/mol. The van der Waals surface area contributed by atoms with E-state index in [2.05, 4.69) is 0 Å². The van der Waals surface area contributed by atoms with Crippen LogP contribution in [0.25, 0.3) is 0 Å². The van der Waals surface area contributed by atoms with Crippen molar-refractivity contribution in [3.8, 4) is 0 Å². The van der Waals surface area contributed by atoms with Crippen molar-refractivity contribution in [2.75, 3.05) is 0 Å². The van der Waals surface area contributed by atoms with E-state index in [1.165, 1.54) is 0 Å². The fourth-order valence-corrected chi connectivity index (χ4v) is 3.43. The van der Waals surface area contributed by atoms with Crippen LogP contribution in [0.2, 0.25) is 0 Å². The monoisotopic (exact) mass is 180 g/mol. The Morgan fingerprint density at radius 3 is 2.00 bits per heavy atom. The lowest BCUT2D eigenvalue weighted by molar-refractivity contribution is -0.141. The molecule has 1 heterocycles. The fourth-order valence-electron chi connectivity index (χ4n) is 3.43. The van der Waals surface area contributed by atoms with E-state index in [9.17, 15) is 9.59 Å². The number of amides is 2. The number of carbonyl (C=O) groups is 2. The van der Waals surface area contributed by atoms with Crippen molar-refractivity contribution in [1.82, 2.24) is 5.01 Å². The van der Waals surface area contributed by atoms with Crippen molar-refractivity contribution in [3.63, 3.8) is 0 Å². The van der Waals surface area contributed by atoms with Gasteiger partial charge in [-0.15, -0.1) is 0 Å². The molecule has 0 aromatic heterocycles. The molecule has 4 nitrogen and oxygen atoms in total. The third-order valence-electron chi connectivity index (χ3n) is 3.96. The maximum absolute atomic E-state index is 11.6. The topological polar surface area (TPSA) is 63.4 Å². The van der Waals surface area contributed by atoms with Gasteiger partial charge < -0.3 is 0 Å². The summed E-state index contributed by atoms with van der Waals surface area (Å²) in [6.45, 7) is 0. The molecule has 70 valence electrons. The minimum atomic E-state index is -0.137. The Morgan fingerprint density at radius 1 is 1.08 bits per heavy atom. The lowest BCUT2D eigenvalue weighted by atomic mass is 9.81. The molecule has 2 saturated carbocycles. The minimum Gasteiger partial charge on any atom is -0.273 e. The minimum absolute atomic E-state index is 0.0590. The number of fused-ring (bicyclic) bond motifs is 5. The molecule has 3 rings (SSSR count). The van der Waals surface area contributed by atoms with E-state index in [-0.39, 0.29) is 23.7 Å². The Bertz CT molecular complexity index is 274. The average Bonchev–Trinajstić information content (AvgIpc) is 2.76. The number of hydrogen-bond acceptors (Lipinski definition) is 3. The third-order valence-corrected chi connectivity index (χ3v) is 3.96. The Balaban J connectivity index is 2.03. The third kappa shape index (κ3) is 0.705. The Labute approximate surface area is 76.0 Å². The number of nitrogens with zero attached hydrogens (tertiary/aromatic N) is 1. The molecule has 4 unspecified atom stereocenters. The summed E-state index contributed by atoms with van der Waals surface area (Å²) < 4.78 is 0. The van der Waals surface area contributed by atoms with Crippen LogP contribution in [0.4, 0.5) is 0 Å². The van der Waals surface area contributed by atoms with Crippen molar-refractivity contribution in [1.29, 1.82) is 0 Å². The van der Waals surface area contributed by atoms with E-state index >= 15 is 0 Å². The molecule has 2 N–H and O–H groups in total. The number of carbonyl (C=O) groups excluding carboxylic acids is 2. The lowest BCUT2D eigenvalue weighted by Gasteiger charge is -2.19. The van der Waals surface area contributed by atoms with Crippen LogP contribution in [0.5, 0.6) is 0 Å². The first-order valence-electron chi connectivity index (χ1n) is 4.82. The first-order chi connectivity index (χ1) is 6.20. The Kier molecular flexibility index (Phi) is 1.22. The largest absolute Gasteiger partial charge is 0.273 e. The van der Waals surface area contributed by atoms with Gasteiger partial charge in [0.1, 0.15) is 0 Å². The van der Waals surface area contributed by atoms with Crippen molar-refractivity contribution in [2.45, 2.75) is 19.3 Å². The Morgan fingerprint density at radius 2 is 1.54 bits per heavy atom. The van der Waals surface area contributed by atoms with E-state index in [0.29, 0.717) is 11.8 Å². The van der Waals surface area contributed by atoms with E-state index in [1.54, 1.807) is 0 Å². The van der Waals surface area contributed by atoms with Gasteiger partial charge in [-0.05, 0) is 31.1 Å². The zero-order chi connectivity index (χ0) is 9.16. The van der Waals surface area contributed by atoms with Gasteiger partial charge in [-0.2, -0.15) is 0 Å². The zero-order valence-corrected chi connectivity index (χ0v) is 7.27. The predicted octanol–water partition coefficient (Wildman–Crippen LogP) is -0.109. The van der Waals surface area contributed by atoms with Gasteiger partial charge in [0.15, 0.2) is 0 Å². The highest BCUT2D eigenvalue weighted by molar-refractivity contribution is 6.05. The van der Waals surface area contributed by atoms with E-state index < -0.39 is 0 Å². The second-order valence-electron chi connectivity index (χ2n) is 4.43. The molecule has 13 heavy (non-hydrogen) atoms. The van der Waals surface area contributed by atoms with Gasteiger partial charge >= 0.3 is 0 Å². The fraction of sp³-hybridized carbons (Fsp3) is 0.778. The van der Waals surface area contributed by atoms with Gasteiger partial charge in [-0.1, -0.05) is 0 Å². The molecule has 4 heteroatoms. The number of nitrogens with two attached hydrogens (primary N) is 1. The van der Waals surface area contributed by atoms with Gasteiger partial charge in [0, 0.05) is 0 Å². The summed E-state index contributed by atoms with van der Waals surface area (Å²) in [6, 6.07) is 0. The summed E-state index contributed by atoms with van der Waals surface area (Å²) in [5.41, 5.74) is 0. The molecular formula is C9H12N2O2. The molecule has 0 radical (unpaired) electrons. The molecule has 3 aliphatic rings. The van der Waals surface area contributed by atoms with Crippen LogP contribution >= 0.6 is 0 Å². The van der Waals surface area contributed by atoms with Crippen molar-refractivity contribution >= 4 is 11.8 Å². The van der Waals surface area contributed by atoms with Gasteiger partial charge in [0.2, 0.25) is 11.8 Å². The normalized spacial score (nSPS) is 47.6. The highest BCUT2D eigenvalue weighted by Crippen LogP contribution is 2.55. The van der Waals surface area contributed by atoms with E-state index in [4.69, 9.17) is 5.84 Å². The highest BCUT2D eigenvalue weighted by atomic mass is 16.2. The molecule has 2 amide bonds. The molecule has 2 bridgehead atoms. The maximum Gasteiger partial charge on any atom is 0.247 e. The van der Waals surface area contributed by atoms with Crippen LogP contribution in [-0.4, -0.2) is 16.8 Å². The summed E-state index contributed by atoms with van der Waals surface area (Å²) in [7, 11) is 0. The number of hydrogen-bond donors (Lipinski definition) is 1. The molecule has 4 atom stereocenters. The average molecular weight is 180 g/mol. The SMILES string of the molecule is NN1C(=O)C2C3CCC(C3)C2C1=O. The quantitative estimate of drug-likeness (QED) is 0.321. The molecule has 1 saturated heterocycles. The van der Waals surface area contributed by atoms with Crippen LogP contribution in [0.3, 0.4) is 0 Å². The maximum atomic E-state index is 11.6. The van der Waals surface area contributed by atoms with Crippen LogP contribution in [0, 0.1) is 23.7 Å². The summed E-state index contributed by atoms with van der Waals surface area (Å²) >= 11 is 0. The first-order valence-corrected chi connectivity index (χ1v) is 4.82. The van der Waals surface area contributed by atoms with Gasteiger partial charge in [-0.25, -0.2) is 10.9 Å². The summed E-state index contributed by atoms with van der Waals surface area (Å²) in [5, 5.41) is 0.847. The second kappa shape index (κ2) is 2.12. The summed E-state index contributed by atoms with van der Waals surface area (Å²) in [5.74, 6) is 5.90. The number of hydrazine groups is 1. The van der Waals surface area contributed by atoms with Gasteiger partial charge in [0.05, 0.1) is 11.8 Å². The summed E-state index contributed by atoms with van der Waals surface area (Å²) in [4.78, 5) is 23.1. The second-order valence-corrected chi connectivity index (χ2v) is 4.43. The van der Waals surface area contributed by atoms with E-state index in [0.717, 1.165) is 24.3 Å². The lowest BCUT2D eigenvalue weighted by Crippen LogP contribution is -2.38. The summed E-state index contributed by atoms with van der Waals surface area (Å²) in [6.07, 6.45) is 3.29. The highest BCUT2D eigenvalue weighted by Gasteiger charge is 2.60. The van der Waals surface area contributed by atoms with Crippen LogP contribution in [-0.2, 0) is 9.59 Å². The first kappa shape index (κ1) is 7.50. The molecular weight excluding hydrogens is 168 g/mol. The van der Waals surface area contributed by atoms with Crippen LogP contribution in [0.15, 0.2) is 0 Å². The molecule has 0 aromatic carbocycles. The van der Waals surface area contributed by atoms with Crippen molar-refractivity contribution in [2.24, 2.45) is 29.5 Å². The van der Waals surface area contributed by atoms with Gasteiger partial charge in [-0.3, -0.25) is 9.59 Å². The smallest absolute Gasteiger partial charge is 0.247 e. The molecule has 3 fully saturated rings. The number of rotatable bonds is 0. The Hall–Kier alpha value is -0.900. The van der Waals surface area contributed by atoms with Crippen molar-refractivity contribution in [3.05, 3.63) is 0 Å². The molecule has 1 aliphatic heterocycles. The molecule has 0 aromatic rings. The van der Waals surface area contributed by atoms with Gasteiger partial charge in [0.25, 0.3) is 0 Å².